The molecule has 1 aromatic rings. The van der Waals surface area contributed by atoms with Crippen LogP contribution in [0.25, 0.3) is 0 Å². The normalized spacial score (nSPS) is 20.0. The molecule has 0 aromatic carbocycles. The first-order valence-electron chi connectivity index (χ1n) is 11.1. The first-order chi connectivity index (χ1) is 14.3. The summed E-state index contributed by atoms with van der Waals surface area (Å²) >= 11 is 0. The number of Topliss-reactive ketones (excluding diaryl/α,β-unsaturated/α-hetero) is 1. The van der Waals surface area contributed by atoms with E-state index in [0.717, 1.165) is 32.1 Å². The molecule has 7 heteroatoms. The van der Waals surface area contributed by atoms with E-state index in [1.807, 2.05) is 6.92 Å². The molecule has 1 aliphatic carbocycles. The predicted octanol–water partition coefficient (Wildman–Crippen LogP) is 3.20. The average molecular weight is 419 g/mol. The van der Waals surface area contributed by atoms with Gasteiger partial charge in [-0.1, -0.05) is 6.42 Å². The molecule has 2 heterocycles. The van der Waals surface area contributed by atoms with Crippen molar-refractivity contribution in [3.63, 3.8) is 0 Å². The lowest BCUT2D eigenvalue weighted by atomic mass is 9.83. The van der Waals surface area contributed by atoms with Crippen LogP contribution in [0.5, 0.6) is 0 Å². The van der Waals surface area contributed by atoms with Crippen molar-refractivity contribution in [2.75, 3.05) is 19.8 Å². The van der Waals surface area contributed by atoms with Gasteiger partial charge in [0.15, 0.2) is 5.78 Å². The molecule has 1 amide bonds. The zero-order valence-electron chi connectivity index (χ0n) is 18.8. The second-order valence-electron chi connectivity index (χ2n) is 8.51. The monoisotopic (exact) mass is 418 g/mol. The fraction of sp³-hybridized carbons (Fsp3) is 0.696. The van der Waals surface area contributed by atoms with Crippen LogP contribution in [0.2, 0.25) is 0 Å². The SMILES string of the molecule is CCOC(=O)c1c(C)c(C(=O)C(C)N(CC2CCCO2)C(=O)C2CCC2)c(C)n1C. The molecule has 1 saturated carbocycles. The summed E-state index contributed by atoms with van der Waals surface area (Å²) in [4.78, 5) is 40.9. The van der Waals surface area contributed by atoms with Gasteiger partial charge in [-0.3, -0.25) is 9.59 Å². The Balaban J connectivity index is 1.89. The minimum Gasteiger partial charge on any atom is -0.461 e. The van der Waals surface area contributed by atoms with Gasteiger partial charge in [-0.05, 0) is 58.9 Å². The summed E-state index contributed by atoms with van der Waals surface area (Å²) in [5.41, 5.74) is 2.21. The Kier molecular flexibility index (Phi) is 7.01. The lowest BCUT2D eigenvalue weighted by molar-refractivity contribution is -0.141. The van der Waals surface area contributed by atoms with Gasteiger partial charge in [0.05, 0.1) is 18.8 Å². The molecule has 2 aliphatic rings. The zero-order valence-corrected chi connectivity index (χ0v) is 18.8. The second-order valence-corrected chi connectivity index (χ2v) is 8.51. The molecular formula is C23H34N2O5. The Bertz CT molecular complexity index is 818. The summed E-state index contributed by atoms with van der Waals surface area (Å²) in [5.74, 6) is -0.514. The highest BCUT2D eigenvalue weighted by Gasteiger charge is 2.38. The standard InChI is InChI=1S/C23H34N2O5/c1-6-29-23(28)20-14(2)19(15(3)24(20)5)21(26)16(4)25(13-18-11-8-12-30-18)22(27)17-9-7-10-17/h16-18H,6-13H2,1-5H3. The number of amides is 1. The summed E-state index contributed by atoms with van der Waals surface area (Å²) < 4.78 is 12.6. The molecule has 2 fully saturated rings. The lowest BCUT2D eigenvalue weighted by Gasteiger charge is -2.36. The van der Waals surface area contributed by atoms with Crippen molar-refractivity contribution >= 4 is 17.7 Å². The van der Waals surface area contributed by atoms with Crippen molar-refractivity contribution in [2.24, 2.45) is 13.0 Å². The first-order valence-corrected chi connectivity index (χ1v) is 11.1. The van der Waals surface area contributed by atoms with E-state index < -0.39 is 12.0 Å². The van der Waals surface area contributed by atoms with Crippen molar-refractivity contribution in [1.29, 1.82) is 0 Å². The van der Waals surface area contributed by atoms with Gasteiger partial charge in [-0.15, -0.1) is 0 Å². The smallest absolute Gasteiger partial charge is 0.355 e. The molecule has 1 aromatic heterocycles. The minimum absolute atomic E-state index is 0.00899. The molecule has 3 rings (SSSR count). The van der Waals surface area contributed by atoms with Gasteiger partial charge in [-0.2, -0.15) is 0 Å². The highest BCUT2D eigenvalue weighted by molar-refractivity contribution is 6.06. The lowest BCUT2D eigenvalue weighted by Crippen LogP contribution is -2.50. The molecule has 1 aliphatic heterocycles. The Hall–Kier alpha value is -2.15. The molecule has 0 radical (unpaired) electrons. The van der Waals surface area contributed by atoms with Gasteiger partial charge in [0.2, 0.25) is 5.91 Å². The van der Waals surface area contributed by atoms with Crippen LogP contribution in [0.4, 0.5) is 0 Å². The first kappa shape index (κ1) is 22.5. The third-order valence-electron chi connectivity index (χ3n) is 6.65. The molecule has 1 saturated heterocycles. The molecule has 0 N–H and O–H groups in total. The largest absolute Gasteiger partial charge is 0.461 e. The molecule has 2 unspecified atom stereocenters. The van der Waals surface area contributed by atoms with Crippen LogP contribution in [0, 0.1) is 19.8 Å². The molecule has 0 spiro atoms. The zero-order chi connectivity index (χ0) is 22.0. The van der Waals surface area contributed by atoms with Crippen LogP contribution in [0.1, 0.15) is 78.1 Å². The summed E-state index contributed by atoms with van der Waals surface area (Å²) in [7, 11) is 1.76. The second kappa shape index (κ2) is 9.33. The van der Waals surface area contributed by atoms with Gasteiger partial charge in [-0.25, -0.2) is 4.79 Å². The van der Waals surface area contributed by atoms with E-state index in [2.05, 4.69) is 0 Å². The number of ketones is 1. The van der Waals surface area contributed by atoms with Crippen molar-refractivity contribution < 1.29 is 23.9 Å². The van der Waals surface area contributed by atoms with E-state index >= 15 is 0 Å². The molecule has 0 bridgehead atoms. The average Bonchev–Trinajstić information content (AvgIpc) is 3.24. The van der Waals surface area contributed by atoms with Gasteiger partial charge in [0.25, 0.3) is 0 Å². The Morgan fingerprint density at radius 3 is 2.43 bits per heavy atom. The summed E-state index contributed by atoms with van der Waals surface area (Å²) in [6.07, 6.45) is 4.71. The number of hydrogen-bond acceptors (Lipinski definition) is 5. The van der Waals surface area contributed by atoms with Crippen LogP contribution >= 0.6 is 0 Å². The van der Waals surface area contributed by atoms with E-state index in [0.29, 0.717) is 35.7 Å². The molecule has 30 heavy (non-hydrogen) atoms. The summed E-state index contributed by atoms with van der Waals surface area (Å²) in [6.45, 7) is 8.57. The third-order valence-corrected chi connectivity index (χ3v) is 6.65. The maximum atomic E-state index is 13.6. The highest BCUT2D eigenvalue weighted by Crippen LogP contribution is 2.31. The van der Waals surface area contributed by atoms with E-state index in [1.165, 1.54) is 0 Å². The quantitative estimate of drug-likeness (QED) is 0.479. The van der Waals surface area contributed by atoms with Crippen LogP contribution in [-0.4, -0.2) is 59.0 Å². The van der Waals surface area contributed by atoms with E-state index in [9.17, 15) is 14.4 Å². The van der Waals surface area contributed by atoms with Crippen LogP contribution in [0.15, 0.2) is 0 Å². The fourth-order valence-electron chi connectivity index (χ4n) is 4.52. The topological polar surface area (TPSA) is 77.8 Å². The van der Waals surface area contributed by atoms with Crippen LogP contribution in [0.3, 0.4) is 0 Å². The van der Waals surface area contributed by atoms with Crippen molar-refractivity contribution in [1.82, 2.24) is 9.47 Å². The van der Waals surface area contributed by atoms with E-state index in [-0.39, 0.29) is 30.3 Å². The van der Waals surface area contributed by atoms with Crippen molar-refractivity contribution in [3.8, 4) is 0 Å². The Morgan fingerprint density at radius 2 is 1.90 bits per heavy atom. The van der Waals surface area contributed by atoms with Crippen molar-refractivity contribution in [3.05, 3.63) is 22.5 Å². The van der Waals surface area contributed by atoms with Crippen LogP contribution < -0.4 is 0 Å². The Labute approximate surface area is 178 Å². The molecule has 7 nitrogen and oxygen atoms in total. The number of esters is 1. The molecule has 2 atom stereocenters. The molecule has 166 valence electrons. The highest BCUT2D eigenvalue weighted by atomic mass is 16.5. The number of carbonyl (C=O) groups excluding carboxylic acids is 3. The summed E-state index contributed by atoms with van der Waals surface area (Å²) in [6, 6.07) is -0.614. The number of ether oxygens (including phenoxy) is 2. The molecular weight excluding hydrogens is 384 g/mol. The number of aromatic nitrogens is 1. The number of carbonyl (C=O) groups is 3. The van der Waals surface area contributed by atoms with Gasteiger partial charge in [0, 0.05) is 37.4 Å². The van der Waals surface area contributed by atoms with Crippen molar-refractivity contribution in [2.45, 2.75) is 71.9 Å². The number of nitrogens with zero attached hydrogens (tertiary/aromatic N) is 2. The van der Waals surface area contributed by atoms with E-state index in [1.54, 1.807) is 37.3 Å². The summed E-state index contributed by atoms with van der Waals surface area (Å²) in [5, 5.41) is 0. The maximum absolute atomic E-state index is 13.6. The van der Waals surface area contributed by atoms with E-state index in [4.69, 9.17) is 9.47 Å². The minimum atomic E-state index is -0.614. The van der Waals surface area contributed by atoms with Gasteiger partial charge in [0.1, 0.15) is 5.69 Å². The Morgan fingerprint density at radius 1 is 1.20 bits per heavy atom. The maximum Gasteiger partial charge on any atom is 0.355 e. The van der Waals surface area contributed by atoms with Crippen LogP contribution in [-0.2, 0) is 21.3 Å². The number of hydrogen-bond donors (Lipinski definition) is 0. The number of rotatable bonds is 8. The fourth-order valence-corrected chi connectivity index (χ4v) is 4.52. The third kappa shape index (κ3) is 4.17. The predicted molar refractivity (Wildman–Crippen MR) is 113 cm³/mol. The van der Waals surface area contributed by atoms with Gasteiger partial charge >= 0.3 is 5.97 Å². The van der Waals surface area contributed by atoms with Gasteiger partial charge < -0.3 is 18.9 Å².